The summed E-state index contributed by atoms with van der Waals surface area (Å²) in [5.74, 6) is -3.02. The van der Waals surface area contributed by atoms with Crippen LogP contribution in [0.2, 0.25) is 0 Å². The van der Waals surface area contributed by atoms with Gasteiger partial charge in [-0.3, -0.25) is 0 Å². The second kappa shape index (κ2) is 6.45. The van der Waals surface area contributed by atoms with Crippen LogP contribution in [-0.2, 0) is 17.9 Å². The van der Waals surface area contributed by atoms with Crippen LogP contribution in [0, 0.1) is 23.4 Å². The van der Waals surface area contributed by atoms with E-state index in [4.69, 9.17) is 0 Å². The van der Waals surface area contributed by atoms with Gasteiger partial charge in [-0.15, -0.1) is 4.72 Å². The lowest BCUT2D eigenvalue weighted by molar-refractivity contribution is 0.481. The smallest absolute Gasteiger partial charge is 0.163 e. The minimum atomic E-state index is -1.38. The van der Waals surface area contributed by atoms with Crippen LogP contribution < -0.4 is 4.72 Å². The molecule has 1 aromatic rings. The zero-order valence-electron chi connectivity index (χ0n) is 10.5. The molecule has 0 heterocycles. The van der Waals surface area contributed by atoms with Gasteiger partial charge in [-0.2, -0.15) is 0 Å². The van der Waals surface area contributed by atoms with Crippen LogP contribution in [0.4, 0.5) is 13.2 Å². The average Bonchev–Trinajstić information content (AvgIpc) is 2.30. The van der Waals surface area contributed by atoms with Gasteiger partial charge >= 0.3 is 0 Å². The molecule has 0 amide bonds. The summed E-state index contributed by atoms with van der Waals surface area (Å²) in [6, 6.07) is 1.37. The first-order valence-electron chi connectivity index (χ1n) is 5.60. The molecule has 0 spiro atoms. The lowest BCUT2D eigenvalue weighted by atomic mass is 10.2. The van der Waals surface area contributed by atoms with Gasteiger partial charge in [-0.1, -0.05) is 13.8 Å². The number of nitrogens with one attached hydrogen (secondary N) is 1. The van der Waals surface area contributed by atoms with E-state index in [2.05, 4.69) is 4.72 Å². The molecule has 2 nitrogen and oxygen atoms in total. The molecule has 0 aliphatic carbocycles. The summed E-state index contributed by atoms with van der Waals surface area (Å²) in [5.41, 5.74) is -0.170. The van der Waals surface area contributed by atoms with E-state index in [9.17, 15) is 17.7 Å². The highest BCUT2D eigenvalue weighted by molar-refractivity contribution is 7.90. The van der Waals surface area contributed by atoms with Crippen molar-refractivity contribution in [2.45, 2.75) is 32.6 Å². The van der Waals surface area contributed by atoms with E-state index in [-0.39, 0.29) is 23.3 Å². The van der Waals surface area contributed by atoms with Crippen molar-refractivity contribution in [1.82, 2.24) is 4.72 Å². The average molecular weight is 279 g/mol. The summed E-state index contributed by atoms with van der Waals surface area (Å²) in [5, 5.41) is -0.133. The Kier molecular flexibility index (Phi) is 5.49. The van der Waals surface area contributed by atoms with Crippen molar-refractivity contribution in [3.63, 3.8) is 0 Å². The molecule has 1 aromatic carbocycles. The fourth-order valence-corrected chi connectivity index (χ4v) is 2.32. The van der Waals surface area contributed by atoms with Crippen molar-refractivity contribution in [2.75, 3.05) is 0 Å². The summed E-state index contributed by atoms with van der Waals surface area (Å²) in [7, 11) is 0. The van der Waals surface area contributed by atoms with Gasteiger partial charge in [-0.05, 0) is 13.0 Å². The molecule has 2 unspecified atom stereocenters. The Labute approximate surface area is 108 Å². The van der Waals surface area contributed by atoms with Crippen molar-refractivity contribution in [3.8, 4) is 0 Å². The molecular weight excluding hydrogens is 263 g/mol. The van der Waals surface area contributed by atoms with Gasteiger partial charge in [0.05, 0.1) is 6.54 Å². The molecule has 0 saturated heterocycles. The van der Waals surface area contributed by atoms with Crippen molar-refractivity contribution >= 4 is 11.4 Å². The maximum absolute atomic E-state index is 13.3. The van der Waals surface area contributed by atoms with Crippen molar-refractivity contribution in [1.29, 1.82) is 0 Å². The zero-order chi connectivity index (χ0) is 13.9. The third-order valence-corrected chi connectivity index (χ3v) is 4.40. The second-order valence-electron chi connectivity index (χ2n) is 4.43. The summed E-state index contributed by atoms with van der Waals surface area (Å²) in [6.45, 7) is 5.43. The Morgan fingerprint density at radius 1 is 1.22 bits per heavy atom. The summed E-state index contributed by atoms with van der Waals surface area (Å²) in [6.07, 6.45) is 0. The van der Waals surface area contributed by atoms with Crippen LogP contribution in [-0.4, -0.2) is 9.80 Å². The molecule has 0 bridgehead atoms. The lowest BCUT2D eigenvalue weighted by Gasteiger charge is -2.20. The largest absolute Gasteiger partial charge is 0.598 e. The fourth-order valence-electron chi connectivity index (χ4n) is 1.27. The molecule has 18 heavy (non-hydrogen) atoms. The van der Waals surface area contributed by atoms with Crippen molar-refractivity contribution in [3.05, 3.63) is 35.1 Å². The molecule has 0 aliphatic heterocycles. The van der Waals surface area contributed by atoms with E-state index in [1.165, 1.54) is 0 Å². The van der Waals surface area contributed by atoms with Gasteiger partial charge in [0.2, 0.25) is 0 Å². The van der Waals surface area contributed by atoms with Crippen LogP contribution in [0.3, 0.4) is 0 Å². The second-order valence-corrected chi connectivity index (χ2v) is 6.06. The number of benzene rings is 1. The van der Waals surface area contributed by atoms with Gasteiger partial charge in [0, 0.05) is 28.9 Å². The monoisotopic (exact) mass is 279 g/mol. The first-order valence-corrected chi connectivity index (χ1v) is 6.81. The van der Waals surface area contributed by atoms with E-state index in [0.29, 0.717) is 6.07 Å². The fraction of sp³-hybridized carbons (Fsp3) is 0.500. The maximum Gasteiger partial charge on any atom is 0.163 e. The first-order chi connectivity index (χ1) is 8.32. The van der Waals surface area contributed by atoms with E-state index in [1.54, 1.807) is 6.92 Å². The Hall–Kier alpha value is -0.720. The molecule has 0 fully saturated rings. The molecule has 0 aromatic heterocycles. The van der Waals surface area contributed by atoms with Crippen molar-refractivity contribution in [2.24, 2.45) is 5.92 Å². The number of hydrogen-bond acceptors (Lipinski definition) is 2. The Balaban J connectivity index is 2.69. The Morgan fingerprint density at radius 2 is 1.83 bits per heavy atom. The van der Waals surface area contributed by atoms with Gasteiger partial charge < -0.3 is 4.55 Å². The van der Waals surface area contributed by atoms with Crippen LogP contribution in [0.1, 0.15) is 26.3 Å². The lowest BCUT2D eigenvalue weighted by Crippen LogP contribution is -2.35. The zero-order valence-corrected chi connectivity index (χ0v) is 11.3. The predicted octanol–water partition coefficient (Wildman–Crippen LogP) is 2.90. The van der Waals surface area contributed by atoms with E-state index in [0.717, 1.165) is 6.07 Å². The molecule has 0 saturated carbocycles. The molecule has 0 aliphatic rings. The summed E-state index contributed by atoms with van der Waals surface area (Å²) in [4.78, 5) is 0. The molecule has 2 atom stereocenters. The van der Waals surface area contributed by atoms with Crippen LogP contribution in [0.25, 0.3) is 0 Å². The van der Waals surface area contributed by atoms with Crippen LogP contribution in [0.5, 0.6) is 0 Å². The maximum atomic E-state index is 13.3. The molecule has 102 valence electrons. The highest BCUT2D eigenvalue weighted by Crippen LogP contribution is 2.16. The van der Waals surface area contributed by atoms with E-state index >= 15 is 0 Å². The topological polar surface area (TPSA) is 35.1 Å². The number of halogens is 3. The first kappa shape index (κ1) is 15.3. The molecule has 0 radical (unpaired) electrons. The van der Waals surface area contributed by atoms with Crippen LogP contribution in [0.15, 0.2) is 12.1 Å². The van der Waals surface area contributed by atoms with E-state index in [1.807, 2.05) is 13.8 Å². The normalized spacial score (nSPS) is 14.9. The van der Waals surface area contributed by atoms with Crippen LogP contribution >= 0.6 is 0 Å². The molecule has 1 N–H and O–H groups in total. The Bertz CT molecular complexity index is 415. The van der Waals surface area contributed by atoms with Gasteiger partial charge in [0.25, 0.3) is 0 Å². The highest BCUT2D eigenvalue weighted by atomic mass is 32.2. The molecule has 1 rings (SSSR count). The standard InChI is InChI=1S/C12H16F3NOS/c1-7(2)8(3)18(17)16-6-9-4-10(13)5-11(14)12(9)15/h4-5,7-8,16H,6H2,1-3H3. The van der Waals surface area contributed by atoms with Gasteiger partial charge in [-0.25, -0.2) is 13.2 Å². The van der Waals surface area contributed by atoms with Gasteiger partial charge in [0.1, 0.15) is 11.1 Å². The summed E-state index contributed by atoms with van der Waals surface area (Å²) >= 11 is -1.38. The van der Waals surface area contributed by atoms with E-state index < -0.39 is 28.8 Å². The SMILES string of the molecule is CC(C)C(C)[S+]([O-])NCc1cc(F)cc(F)c1F. The predicted molar refractivity (Wildman–Crippen MR) is 65.6 cm³/mol. The molecule has 6 heteroatoms. The Morgan fingerprint density at radius 3 is 2.39 bits per heavy atom. The molecular formula is C12H16F3NOS. The van der Waals surface area contributed by atoms with Crippen molar-refractivity contribution < 1.29 is 17.7 Å². The third kappa shape index (κ3) is 3.90. The minimum absolute atomic E-state index is 0.133. The third-order valence-electron chi connectivity index (χ3n) is 2.75. The highest BCUT2D eigenvalue weighted by Gasteiger charge is 2.22. The summed E-state index contributed by atoms with van der Waals surface area (Å²) < 4.78 is 53.5. The minimum Gasteiger partial charge on any atom is -0.598 e. The number of rotatable bonds is 5. The number of hydrogen-bond donors (Lipinski definition) is 1. The quantitative estimate of drug-likeness (QED) is 0.664. The van der Waals surface area contributed by atoms with Gasteiger partial charge in [0.15, 0.2) is 11.6 Å².